The molecule has 0 aliphatic rings. The van der Waals surface area contributed by atoms with Crippen molar-refractivity contribution < 1.29 is 4.79 Å². The van der Waals surface area contributed by atoms with Crippen LogP contribution in [0.1, 0.15) is 22.0 Å². The highest BCUT2D eigenvalue weighted by Gasteiger charge is 2.18. The number of benzene rings is 2. The highest BCUT2D eigenvalue weighted by atomic mass is 35.5. The second-order valence-corrected chi connectivity index (χ2v) is 6.06. The Morgan fingerprint density at radius 1 is 1.14 bits per heavy atom. The minimum Gasteiger partial charge on any atom is -0.350 e. The molecule has 0 bridgehead atoms. The summed E-state index contributed by atoms with van der Waals surface area (Å²) in [6, 6.07) is 14.5. The fraction of sp³-hybridized carbons (Fsp3) is 0.235. The molecule has 0 aliphatic heterocycles. The molecule has 1 N–H and O–H groups in total. The average molecular weight is 337 g/mol. The van der Waals surface area contributed by atoms with Crippen molar-refractivity contribution >= 4 is 29.1 Å². The molecule has 0 spiro atoms. The largest absolute Gasteiger partial charge is 0.350 e. The van der Waals surface area contributed by atoms with Crippen LogP contribution in [0.4, 0.5) is 0 Å². The summed E-state index contributed by atoms with van der Waals surface area (Å²) in [5.74, 6) is -0.151. The fourth-order valence-corrected chi connectivity index (χ4v) is 2.69. The first kappa shape index (κ1) is 16.8. The van der Waals surface area contributed by atoms with E-state index in [1.807, 2.05) is 43.3 Å². The van der Waals surface area contributed by atoms with Gasteiger partial charge in [0.25, 0.3) is 5.91 Å². The van der Waals surface area contributed by atoms with Gasteiger partial charge in [-0.05, 0) is 43.9 Å². The molecule has 0 saturated carbocycles. The Bertz CT molecular complexity index is 659. The van der Waals surface area contributed by atoms with E-state index < -0.39 is 0 Å². The highest BCUT2D eigenvalue weighted by molar-refractivity contribution is 6.31. The number of rotatable bonds is 5. The van der Waals surface area contributed by atoms with Gasteiger partial charge in [0.15, 0.2) is 0 Å². The maximum Gasteiger partial charge on any atom is 0.251 e. The first-order chi connectivity index (χ1) is 10.5. The molecule has 0 fully saturated rings. The third kappa shape index (κ3) is 4.23. The summed E-state index contributed by atoms with van der Waals surface area (Å²) in [5, 5.41) is 4.17. The van der Waals surface area contributed by atoms with Crippen molar-refractivity contribution in [2.75, 3.05) is 20.6 Å². The van der Waals surface area contributed by atoms with Crippen LogP contribution in [0.25, 0.3) is 0 Å². The van der Waals surface area contributed by atoms with Crippen LogP contribution in [-0.4, -0.2) is 31.4 Å². The molecule has 116 valence electrons. The van der Waals surface area contributed by atoms with E-state index in [9.17, 15) is 4.79 Å². The Labute approximate surface area is 140 Å². The van der Waals surface area contributed by atoms with E-state index >= 15 is 0 Å². The Balaban J connectivity index is 2.10. The lowest BCUT2D eigenvalue weighted by Crippen LogP contribution is -2.34. The molecule has 2 rings (SSSR count). The van der Waals surface area contributed by atoms with Crippen molar-refractivity contribution in [1.82, 2.24) is 10.2 Å². The third-order valence-corrected chi connectivity index (χ3v) is 4.01. The summed E-state index contributed by atoms with van der Waals surface area (Å²) >= 11 is 12.2. The van der Waals surface area contributed by atoms with Crippen LogP contribution in [0.2, 0.25) is 10.0 Å². The first-order valence-electron chi connectivity index (χ1n) is 6.93. The summed E-state index contributed by atoms with van der Waals surface area (Å²) in [4.78, 5) is 14.2. The maximum atomic E-state index is 12.2. The third-order valence-electron chi connectivity index (χ3n) is 3.43. The summed E-state index contributed by atoms with van der Waals surface area (Å²) in [5.41, 5.74) is 1.53. The minimum absolute atomic E-state index is 0.00293. The van der Waals surface area contributed by atoms with Gasteiger partial charge in [-0.2, -0.15) is 0 Å². The van der Waals surface area contributed by atoms with Crippen LogP contribution in [0.15, 0.2) is 48.5 Å². The SMILES string of the molecule is CN(C)C(CNC(=O)c1cccc(Cl)c1)c1ccccc1Cl. The van der Waals surface area contributed by atoms with Gasteiger partial charge in [-0.25, -0.2) is 0 Å². The van der Waals surface area contributed by atoms with E-state index in [2.05, 4.69) is 5.32 Å². The molecule has 3 nitrogen and oxygen atoms in total. The standard InChI is InChI=1S/C17H18Cl2N2O/c1-21(2)16(14-8-3-4-9-15(14)19)11-20-17(22)12-6-5-7-13(18)10-12/h3-10,16H,11H2,1-2H3,(H,20,22). The van der Waals surface area contributed by atoms with E-state index in [-0.39, 0.29) is 11.9 Å². The molecule has 0 aliphatic carbocycles. The Morgan fingerprint density at radius 2 is 1.86 bits per heavy atom. The van der Waals surface area contributed by atoms with Crippen LogP contribution in [0, 0.1) is 0 Å². The molecule has 1 amide bonds. The summed E-state index contributed by atoms with van der Waals surface area (Å²) in [7, 11) is 3.92. The van der Waals surface area contributed by atoms with Crippen molar-refractivity contribution in [2.24, 2.45) is 0 Å². The lowest BCUT2D eigenvalue weighted by Gasteiger charge is -2.26. The maximum absolute atomic E-state index is 12.2. The normalized spacial score (nSPS) is 12.2. The Morgan fingerprint density at radius 3 is 2.50 bits per heavy atom. The molecule has 2 aromatic rings. The van der Waals surface area contributed by atoms with Crippen LogP contribution < -0.4 is 5.32 Å². The van der Waals surface area contributed by atoms with E-state index in [4.69, 9.17) is 23.2 Å². The fourth-order valence-electron chi connectivity index (χ4n) is 2.24. The summed E-state index contributed by atoms with van der Waals surface area (Å²) in [6.45, 7) is 0.460. The molecule has 2 aromatic carbocycles. The number of carbonyl (C=O) groups excluding carboxylic acids is 1. The number of amides is 1. The van der Waals surface area contributed by atoms with Gasteiger partial charge in [0.1, 0.15) is 0 Å². The number of hydrogen-bond donors (Lipinski definition) is 1. The zero-order chi connectivity index (χ0) is 16.1. The first-order valence-corrected chi connectivity index (χ1v) is 7.69. The second-order valence-electron chi connectivity index (χ2n) is 5.22. The van der Waals surface area contributed by atoms with E-state index in [0.29, 0.717) is 22.2 Å². The molecular weight excluding hydrogens is 319 g/mol. The van der Waals surface area contributed by atoms with E-state index in [0.717, 1.165) is 5.56 Å². The van der Waals surface area contributed by atoms with Crippen LogP contribution >= 0.6 is 23.2 Å². The lowest BCUT2D eigenvalue weighted by atomic mass is 10.1. The molecule has 1 atom stereocenters. The molecule has 0 saturated heterocycles. The summed E-state index contributed by atoms with van der Waals surface area (Å²) in [6.07, 6.45) is 0. The van der Waals surface area contributed by atoms with Gasteiger partial charge in [0, 0.05) is 22.2 Å². The molecule has 1 unspecified atom stereocenters. The summed E-state index contributed by atoms with van der Waals surface area (Å²) < 4.78 is 0. The van der Waals surface area contributed by atoms with Crippen molar-refractivity contribution in [3.05, 3.63) is 69.7 Å². The molecular formula is C17H18Cl2N2O. The molecule has 0 heterocycles. The number of likely N-dealkylation sites (N-methyl/N-ethyl adjacent to an activating group) is 1. The van der Waals surface area contributed by atoms with Crippen LogP contribution in [0.5, 0.6) is 0 Å². The number of carbonyl (C=O) groups is 1. The molecule has 0 aromatic heterocycles. The number of hydrogen-bond acceptors (Lipinski definition) is 2. The van der Waals surface area contributed by atoms with Crippen molar-refractivity contribution in [3.63, 3.8) is 0 Å². The predicted octanol–water partition coefficient (Wildman–Crippen LogP) is 4.03. The van der Waals surface area contributed by atoms with E-state index in [1.165, 1.54) is 0 Å². The van der Waals surface area contributed by atoms with Gasteiger partial charge in [-0.3, -0.25) is 4.79 Å². The zero-order valence-corrected chi connectivity index (χ0v) is 14.0. The topological polar surface area (TPSA) is 32.3 Å². The zero-order valence-electron chi connectivity index (χ0n) is 12.5. The van der Waals surface area contributed by atoms with Crippen LogP contribution in [0.3, 0.4) is 0 Å². The second kappa shape index (κ2) is 7.63. The molecule has 0 radical (unpaired) electrons. The molecule has 5 heteroatoms. The lowest BCUT2D eigenvalue weighted by molar-refractivity contribution is 0.0942. The van der Waals surface area contributed by atoms with Gasteiger partial charge in [0.05, 0.1) is 6.04 Å². The predicted molar refractivity (Wildman–Crippen MR) is 91.7 cm³/mol. The van der Waals surface area contributed by atoms with E-state index in [1.54, 1.807) is 24.3 Å². The average Bonchev–Trinajstić information content (AvgIpc) is 2.48. The number of halogens is 2. The quantitative estimate of drug-likeness (QED) is 0.894. The van der Waals surface area contributed by atoms with Crippen LogP contribution in [-0.2, 0) is 0 Å². The van der Waals surface area contributed by atoms with Crippen molar-refractivity contribution in [2.45, 2.75) is 6.04 Å². The Kier molecular flexibility index (Phi) is 5.83. The van der Waals surface area contributed by atoms with Crippen molar-refractivity contribution in [3.8, 4) is 0 Å². The van der Waals surface area contributed by atoms with Gasteiger partial charge >= 0.3 is 0 Å². The monoisotopic (exact) mass is 336 g/mol. The highest BCUT2D eigenvalue weighted by Crippen LogP contribution is 2.25. The molecule has 22 heavy (non-hydrogen) atoms. The number of nitrogens with zero attached hydrogens (tertiary/aromatic N) is 1. The Hall–Kier alpha value is -1.55. The van der Waals surface area contributed by atoms with Gasteiger partial charge in [-0.15, -0.1) is 0 Å². The number of nitrogens with one attached hydrogen (secondary N) is 1. The van der Waals surface area contributed by atoms with Gasteiger partial charge in [-0.1, -0.05) is 47.5 Å². The van der Waals surface area contributed by atoms with Crippen molar-refractivity contribution in [1.29, 1.82) is 0 Å². The minimum atomic E-state index is -0.151. The smallest absolute Gasteiger partial charge is 0.251 e. The van der Waals surface area contributed by atoms with Gasteiger partial charge in [0.2, 0.25) is 0 Å². The van der Waals surface area contributed by atoms with Gasteiger partial charge < -0.3 is 10.2 Å².